The summed E-state index contributed by atoms with van der Waals surface area (Å²) in [5, 5.41) is 2.10. The van der Waals surface area contributed by atoms with E-state index in [-0.39, 0.29) is 5.41 Å². The predicted molar refractivity (Wildman–Crippen MR) is 92.6 cm³/mol. The maximum absolute atomic E-state index is 4.69. The Balaban J connectivity index is 2.25. The Hall–Kier alpha value is -0.460. The molecule has 0 saturated carbocycles. The molecular formula is C14H17Br2N3S. The average molecular weight is 419 g/mol. The van der Waals surface area contributed by atoms with Crippen LogP contribution in [0.25, 0.3) is 0 Å². The fourth-order valence-electron chi connectivity index (χ4n) is 1.69. The highest BCUT2D eigenvalue weighted by molar-refractivity contribution is 9.10. The van der Waals surface area contributed by atoms with Gasteiger partial charge in [-0.2, -0.15) is 0 Å². The van der Waals surface area contributed by atoms with Crippen LogP contribution in [0.2, 0.25) is 0 Å². The molecule has 0 atom stereocenters. The summed E-state index contributed by atoms with van der Waals surface area (Å²) in [7, 11) is 2.05. The Bertz CT molecular complexity index is 605. The molecule has 0 spiro atoms. The molecule has 0 aliphatic heterocycles. The van der Waals surface area contributed by atoms with Gasteiger partial charge in [0.2, 0.25) is 0 Å². The largest absolute Gasteiger partial charge is 0.354 e. The SMILES string of the molecule is CN(Cc1cc(Br)cs1)c1cc(Br)nc(C(C)(C)C)n1. The minimum atomic E-state index is -0.0642. The first-order valence-electron chi connectivity index (χ1n) is 6.25. The highest BCUT2D eigenvalue weighted by Gasteiger charge is 2.19. The van der Waals surface area contributed by atoms with E-state index in [0.717, 1.165) is 27.3 Å². The minimum absolute atomic E-state index is 0.0642. The summed E-state index contributed by atoms with van der Waals surface area (Å²) >= 11 is 8.71. The third kappa shape index (κ3) is 4.02. The summed E-state index contributed by atoms with van der Waals surface area (Å²) < 4.78 is 1.96. The lowest BCUT2D eigenvalue weighted by molar-refractivity contribution is 0.542. The Labute approximate surface area is 140 Å². The molecule has 6 heteroatoms. The molecule has 0 fully saturated rings. The van der Waals surface area contributed by atoms with Crippen molar-refractivity contribution in [1.29, 1.82) is 0 Å². The Kier molecular flexibility index (Phi) is 4.87. The molecule has 2 aromatic heterocycles. The van der Waals surface area contributed by atoms with Gasteiger partial charge in [0.05, 0.1) is 6.54 Å². The van der Waals surface area contributed by atoms with Gasteiger partial charge in [-0.05, 0) is 37.9 Å². The first-order valence-corrected chi connectivity index (χ1v) is 8.71. The van der Waals surface area contributed by atoms with Crippen LogP contribution >= 0.6 is 43.2 Å². The summed E-state index contributed by atoms with van der Waals surface area (Å²) in [6.45, 7) is 7.20. The number of thiophene rings is 1. The molecule has 2 heterocycles. The van der Waals surface area contributed by atoms with E-state index in [2.05, 4.69) is 86.0 Å². The van der Waals surface area contributed by atoms with Crippen molar-refractivity contribution in [3.8, 4) is 0 Å². The van der Waals surface area contributed by atoms with E-state index in [1.807, 2.05) is 6.07 Å². The van der Waals surface area contributed by atoms with Crippen LogP contribution in [0.5, 0.6) is 0 Å². The van der Waals surface area contributed by atoms with Crippen molar-refractivity contribution in [2.75, 3.05) is 11.9 Å². The molecule has 2 rings (SSSR count). The van der Waals surface area contributed by atoms with Gasteiger partial charge in [0.15, 0.2) is 0 Å². The second kappa shape index (κ2) is 6.12. The number of nitrogens with zero attached hydrogens (tertiary/aromatic N) is 3. The highest BCUT2D eigenvalue weighted by atomic mass is 79.9. The second-order valence-corrected chi connectivity index (χ2v) is 8.43. The lowest BCUT2D eigenvalue weighted by Gasteiger charge is -2.22. The van der Waals surface area contributed by atoms with Gasteiger partial charge in [-0.25, -0.2) is 9.97 Å². The summed E-state index contributed by atoms with van der Waals surface area (Å²) in [6.07, 6.45) is 0. The third-order valence-corrected chi connectivity index (χ3v) is 4.85. The maximum Gasteiger partial charge on any atom is 0.137 e. The molecule has 0 radical (unpaired) electrons. The van der Waals surface area contributed by atoms with Gasteiger partial charge in [-0.3, -0.25) is 0 Å². The van der Waals surface area contributed by atoms with Crippen LogP contribution in [0.15, 0.2) is 26.6 Å². The lowest BCUT2D eigenvalue weighted by atomic mass is 9.96. The summed E-state index contributed by atoms with van der Waals surface area (Å²) in [5.74, 6) is 1.78. The summed E-state index contributed by atoms with van der Waals surface area (Å²) in [4.78, 5) is 12.6. The predicted octanol–water partition coefficient (Wildman–Crippen LogP) is 5.00. The van der Waals surface area contributed by atoms with E-state index in [1.54, 1.807) is 11.3 Å². The van der Waals surface area contributed by atoms with Gasteiger partial charge in [0.25, 0.3) is 0 Å². The molecule has 0 aliphatic carbocycles. The van der Waals surface area contributed by atoms with Gasteiger partial charge in [-0.15, -0.1) is 11.3 Å². The molecule has 20 heavy (non-hydrogen) atoms. The summed E-state index contributed by atoms with van der Waals surface area (Å²) in [6, 6.07) is 4.10. The average Bonchev–Trinajstić information content (AvgIpc) is 2.72. The van der Waals surface area contributed by atoms with Crippen LogP contribution in [0, 0.1) is 0 Å². The number of hydrogen-bond acceptors (Lipinski definition) is 4. The first kappa shape index (κ1) is 15.9. The van der Waals surface area contributed by atoms with Gasteiger partial charge in [-0.1, -0.05) is 20.8 Å². The molecule has 0 aromatic carbocycles. The topological polar surface area (TPSA) is 29.0 Å². The zero-order valence-corrected chi connectivity index (χ0v) is 15.9. The van der Waals surface area contributed by atoms with Crippen LogP contribution in [0.1, 0.15) is 31.5 Å². The summed E-state index contributed by atoms with van der Waals surface area (Å²) in [5.41, 5.74) is -0.0642. The van der Waals surface area contributed by atoms with E-state index in [1.165, 1.54) is 4.88 Å². The van der Waals surface area contributed by atoms with E-state index >= 15 is 0 Å². The van der Waals surface area contributed by atoms with Crippen molar-refractivity contribution < 1.29 is 0 Å². The zero-order valence-electron chi connectivity index (χ0n) is 11.9. The number of halogens is 2. The molecular weight excluding hydrogens is 402 g/mol. The highest BCUT2D eigenvalue weighted by Crippen LogP contribution is 2.26. The Morgan fingerprint density at radius 3 is 2.45 bits per heavy atom. The van der Waals surface area contributed by atoms with Crippen molar-refractivity contribution in [2.24, 2.45) is 0 Å². The molecule has 0 saturated heterocycles. The minimum Gasteiger partial charge on any atom is -0.354 e. The van der Waals surface area contributed by atoms with Crippen molar-refractivity contribution in [2.45, 2.75) is 32.7 Å². The number of hydrogen-bond donors (Lipinski definition) is 0. The smallest absolute Gasteiger partial charge is 0.137 e. The Morgan fingerprint density at radius 2 is 1.90 bits per heavy atom. The van der Waals surface area contributed by atoms with E-state index in [9.17, 15) is 0 Å². The molecule has 3 nitrogen and oxygen atoms in total. The third-order valence-electron chi connectivity index (χ3n) is 2.76. The molecule has 108 valence electrons. The fraction of sp³-hybridized carbons (Fsp3) is 0.429. The van der Waals surface area contributed by atoms with Crippen molar-refractivity contribution in [3.05, 3.63) is 37.3 Å². The first-order chi connectivity index (χ1) is 9.25. The van der Waals surface area contributed by atoms with Crippen LogP contribution in [-0.2, 0) is 12.0 Å². The maximum atomic E-state index is 4.69. The molecule has 0 aliphatic rings. The number of aromatic nitrogens is 2. The van der Waals surface area contributed by atoms with E-state index < -0.39 is 0 Å². The molecule has 0 amide bonds. The number of rotatable bonds is 3. The van der Waals surface area contributed by atoms with Crippen molar-refractivity contribution in [1.82, 2.24) is 9.97 Å². The zero-order chi connectivity index (χ0) is 14.9. The normalized spacial score (nSPS) is 11.7. The van der Waals surface area contributed by atoms with Crippen LogP contribution in [-0.4, -0.2) is 17.0 Å². The quantitative estimate of drug-likeness (QED) is 0.657. The standard InChI is InChI=1S/C14H17Br2N3S/c1-14(2,3)13-17-11(16)6-12(18-13)19(4)7-10-5-9(15)8-20-10/h5-6,8H,7H2,1-4H3. The molecule has 0 N–H and O–H groups in total. The van der Waals surface area contributed by atoms with Gasteiger partial charge >= 0.3 is 0 Å². The van der Waals surface area contributed by atoms with Crippen molar-refractivity contribution >= 4 is 49.0 Å². The van der Waals surface area contributed by atoms with Crippen molar-refractivity contribution in [3.63, 3.8) is 0 Å². The molecule has 2 aromatic rings. The molecule has 0 unspecified atom stereocenters. The Morgan fingerprint density at radius 1 is 1.20 bits per heavy atom. The van der Waals surface area contributed by atoms with Crippen LogP contribution < -0.4 is 4.90 Å². The van der Waals surface area contributed by atoms with Crippen LogP contribution in [0.3, 0.4) is 0 Å². The lowest BCUT2D eigenvalue weighted by Crippen LogP contribution is -2.22. The van der Waals surface area contributed by atoms with E-state index in [4.69, 9.17) is 0 Å². The van der Waals surface area contributed by atoms with Gasteiger partial charge in [0, 0.05) is 33.3 Å². The van der Waals surface area contributed by atoms with Gasteiger partial charge in [0.1, 0.15) is 16.2 Å². The number of anilines is 1. The second-order valence-electron chi connectivity index (χ2n) is 5.71. The van der Waals surface area contributed by atoms with Gasteiger partial charge < -0.3 is 4.90 Å². The van der Waals surface area contributed by atoms with Crippen LogP contribution in [0.4, 0.5) is 5.82 Å². The monoisotopic (exact) mass is 417 g/mol. The molecule has 0 bridgehead atoms. The fourth-order valence-corrected chi connectivity index (χ4v) is 3.56. The van der Waals surface area contributed by atoms with E-state index in [0.29, 0.717) is 0 Å².